The highest BCUT2D eigenvalue weighted by molar-refractivity contribution is 5.60. The number of anilines is 1. The molecule has 2 bridgehead atoms. The summed E-state index contributed by atoms with van der Waals surface area (Å²) in [5, 5.41) is 20.9. The van der Waals surface area contributed by atoms with E-state index in [0.29, 0.717) is 18.4 Å². The van der Waals surface area contributed by atoms with Crippen molar-refractivity contribution in [3.05, 3.63) is 58.5 Å². The predicted octanol–water partition coefficient (Wildman–Crippen LogP) is 3.73. The van der Waals surface area contributed by atoms with E-state index in [1.807, 2.05) is 19.9 Å². The molecular weight excluding hydrogens is 329 g/mol. The van der Waals surface area contributed by atoms with E-state index < -0.39 is 5.60 Å². The van der Waals surface area contributed by atoms with Crippen molar-refractivity contribution in [3.63, 3.8) is 0 Å². The van der Waals surface area contributed by atoms with E-state index in [9.17, 15) is 14.8 Å². The molecule has 2 fully saturated rings. The van der Waals surface area contributed by atoms with Crippen LogP contribution in [0, 0.1) is 31.0 Å². The van der Waals surface area contributed by atoms with Gasteiger partial charge < -0.3 is 10.0 Å². The fourth-order valence-electron chi connectivity index (χ4n) is 4.71. The number of hydrogen-bond acceptors (Lipinski definition) is 4. The Balaban J connectivity index is 1.70. The van der Waals surface area contributed by atoms with Gasteiger partial charge in [0, 0.05) is 30.6 Å². The molecule has 26 heavy (non-hydrogen) atoms. The zero-order valence-electron chi connectivity index (χ0n) is 15.0. The van der Waals surface area contributed by atoms with Crippen LogP contribution in [0.1, 0.15) is 48.1 Å². The summed E-state index contributed by atoms with van der Waals surface area (Å²) < 4.78 is 13.3. The molecule has 0 spiro atoms. The van der Waals surface area contributed by atoms with Crippen LogP contribution in [-0.4, -0.2) is 22.2 Å². The van der Waals surface area contributed by atoms with Gasteiger partial charge in [0.1, 0.15) is 17.7 Å². The van der Waals surface area contributed by atoms with Crippen LogP contribution in [0.2, 0.25) is 0 Å². The van der Waals surface area contributed by atoms with Crippen LogP contribution in [0.5, 0.6) is 0 Å². The maximum atomic E-state index is 13.3. The van der Waals surface area contributed by atoms with Gasteiger partial charge in [0.2, 0.25) is 0 Å². The third-order valence-corrected chi connectivity index (χ3v) is 5.83. The van der Waals surface area contributed by atoms with Gasteiger partial charge in [-0.3, -0.25) is 0 Å². The Morgan fingerprint density at radius 3 is 2.38 bits per heavy atom. The molecule has 0 saturated carbocycles. The second-order valence-corrected chi connectivity index (χ2v) is 7.63. The standard InChI is InChI=1S/C21H22FN3O/c1-13-9-14(2)24-20(19(13)12-23)25-17-7-8-18(25)11-21(26,10-17)15-3-5-16(22)6-4-15/h3-6,9,17-18,26H,7-8,10-11H2,1-2H3/t17-,18+,21?. The molecule has 2 aliphatic rings. The van der Waals surface area contributed by atoms with E-state index >= 15 is 0 Å². The van der Waals surface area contributed by atoms with Gasteiger partial charge >= 0.3 is 0 Å². The molecule has 1 aromatic carbocycles. The van der Waals surface area contributed by atoms with Crippen molar-refractivity contribution < 1.29 is 9.50 Å². The number of aliphatic hydroxyl groups is 1. The number of aryl methyl sites for hydroxylation is 2. The van der Waals surface area contributed by atoms with Crippen molar-refractivity contribution in [3.8, 4) is 6.07 Å². The largest absolute Gasteiger partial charge is 0.385 e. The molecule has 3 atom stereocenters. The van der Waals surface area contributed by atoms with Crippen molar-refractivity contribution in [2.75, 3.05) is 4.90 Å². The molecule has 0 radical (unpaired) electrons. The number of halogens is 1. The van der Waals surface area contributed by atoms with E-state index in [4.69, 9.17) is 0 Å². The summed E-state index contributed by atoms with van der Waals surface area (Å²) in [6.07, 6.45) is 3.06. The lowest BCUT2D eigenvalue weighted by atomic mass is 9.80. The van der Waals surface area contributed by atoms with E-state index in [1.165, 1.54) is 12.1 Å². The van der Waals surface area contributed by atoms with E-state index in [2.05, 4.69) is 16.0 Å². The quantitative estimate of drug-likeness (QED) is 0.896. The zero-order chi connectivity index (χ0) is 18.5. The molecule has 5 heteroatoms. The number of aromatic nitrogens is 1. The van der Waals surface area contributed by atoms with Crippen LogP contribution in [0.3, 0.4) is 0 Å². The maximum absolute atomic E-state index is 13.3. The van der Waals surface area contributed by atoms with Gasteiger partial charge in [0.25, 0.3) is 0 Å². The molecule has 4 rings (SSSR count). The average Bonchev–Trinajstić information content (AvgIpc) is 2.87. The van der Waals surface area contributed by atoms with Gasteiger partial charge in [-0.1, -0.05) is 12.1 Å². The van der Waals surface area contributed by atoms with Crippen LogP contribution in [0.15, 0.2) is 30.3 Å². The lowest BCUT2D eigenvalue weighted by Crippen LogP contribution is -2.50. The fourth-order valence-corrected chi connectivity index (χ4v) is 4.71. The van der Waals surface area contributed by atoms with Gasteiger partial charge in [0.15, 0.2) is 0 Å². The molecule has 0 amide bonds. The molecular formula is C21H22FN3O. The number of nitriles is 1. The van der Waals surface area contributed by atoms with Gasteiger partial charge in [-0.2, -0.15) is 5.26 Å². The van der Waals surface area contributed by atoms with Crippen molar-refractivity contribution in [1.29, 1.82) is 5.26 Å². The second kappa shape index (κ2) is 6.07. The smallest absolute Gasteiger partial charge is 0.147 e. The zero-order valence-corrected chi connectivity index (χ0v) is 15.0. The maximum Gasteiger partial charge on any atom is 0.147 e. The van der Waals surface area contributed by atoms with E-state index in [1.54, 1.807) is 12.1 Å². The minimum atomic E-state index is -0.957. The molecule has 1 N–H and O–H groups in total. The topological polar surface area (TPSA) is 60.2 Å². The Morgan fingerprint density at radius 1 is 1.19 bits per heavy atom. The minimum Gasteiger partial charge on any atom is -0.385 e. The van der Waals surface area contributed by atoms with Gasteiger partial charge in [-0.05, 0) is 56.0 Å². The molecule has 2 aliphatic heterocycles. The fraction of sp³-hybridized carbons (Fsp3) is 0.429. The van der Waals surface area contributed by atoms with Gasteiger partial charge in [-0.25, -0.2) is 9.37 Å². The predicted molar refractivity (Wildman–Crippen MR) is 97.2 cm³/mol. The highest BCUT2D eigenvalue weighted by Gasteiger charge is 2.49. The highest BCUT2D eigenvalue weighted by Crippen LogP contribution is 2.47. The van der Waals surface area contributed by atoms with E-state index in [0.717, 1.165) is 35.5 Å². The van der Waals surface area contributed by atoms with Crippen LogP contribution in [0.4, 0.5) is 10.2 Å². The molecule has 0 aliphatic carbocycles. The molecule has 2 saturated heterocycles. The highest BCUT2D eigenvalue weighted by atomic mass is 19.1. The number of nitrogens with zero attached hydrogens (tertiary/aromatic N) is 3. The van der Waals surface area contributed by atoms with Crippen LogP contribution in [-0.2, 0) is 5.60 Å². The van der Waals surface area contributed by atoms with Gasteiger partial charge in [0.05, 0.1) is 11.2 Å². The molecule has 4 nitrogen and oxygen atoms in total. The van der Waals surface area contributed by atoms with Crippen LogP contribution >= 0.6 is 0 Å². The third kappa shape index (κ3) is 2.65. The summed E-state index contributed by atoms with van der Waals surface area (Å²) in [4.78, 5) is 6.92. The van der Waals surface area contributed by atoms with Crippen molar-refractivity contribution in [2.24, 2.45) is 0 Å². The summed E-state index contributed by atoms with van der Waals surface area (Å²) in [7, 11) is 0. The van der Waals surface area contributed by atoms with Crippen molar-refractivity contribution in [2.45, 2.75) is 57.2 Å². The number of rotatable bonds is 2. The van der Waals surface area contributed by atoms with Gasteiger partial charge in [-0.15, -0.1) is 0 Å². The normalized spacial score (nSPS) is 27.4. The van der Waals surface area contributed by atoms with Crippen molar-refractivity contribution in [1.82, 2.24) is 4.98 Å². The number of piperidine rings is 1. The van der Waals surface area contributed by atoms with E-state index in [-0.39, 0.29) is 17.9 Å². The Hall–Kier alpha value is -2.45. The molecule has 3 heterocycles. The first kappa shape index (κ1) is 17.0. The van der Waals surface area contributed by atoms with Crippen LogP contribution < -0.4 is 4.90 Å². The Morgan fingerprint density at radius 2 is 1.81 bits per heavy atom. The number of fused-ring (bicyclic) bond motifs is 2. The molecule has 1 unspecified atom stereocenters. The average molecular weight is 351 g/mol. The summed E-state index contributed by atoms with van der Waals surface area (Å²) in [5.41, 5.74) is 2.27. The van der Waals surface area contributed by atoms with Crippen LogP contribution in [0.25, 0.3) is 0 Å². The third-order valence-electron chi connectivity index (χ3n) is 5.83. The SMILES string of the molecule is Cc1cc(C)c(C#N)c(N2[C@@H]3CC[C@H]2CC(O)(c2ccc(F)cc2)C3)n1. The number of hydrogen-bond donors (Lipinski definition) is 1. The Bertz CT molecular complexity index is 873. The number of pyridine rings is 1. The Labute approximate surface area is 152 Å². The first-order valence-electron chi connectivity index (χ1n) is 9.06. The first-order valence-corrected chi connectivity index (χ1v) is 9.06. The lowest BCUT2D eigenvalue weighted by molar-refractivity contribution is -0.00325. The second-order valence-electron chi connectivity index (χ2n) is 7.63. The summed E-state index contributed by atoms with van der Waals surface area (Å²) in [6, 6.07) is 10.7. The summed E-state index contributed by atoms with van der Waals surface area (Å²) in [5.74, 6) is 0.453. The summed E-state index contributed by atoms with van der Waals surface area (Å²) in [6.45, 7) is 3.88. The molecule has 2 aromatic rings. The summed E-state index contributed by atoms with van der Waals surface area (Å²) >= 11 is 0. The monoisotopic (exact) mass is 351 g/mol. The first-order chi connectivity index (χ1) is 12.4. The minimum absolute atomic E-state index is 0.129. The molecule has 1 aromatic heterocycles. The Kier molecular flexibility index (Phi) is 3.96. The molecule has 134 valence electrons. The number of benzene rings is 1. The van der Waals surface area contributed by atoms with Crippen molar-refractivity contribution >= 4 is 5.82 Å². The lowest BCUT2D eigenvalue weighted by Gasteiger charge is -2.45.